The summed E-state index contributed by atoms with van der Waals surface area (Å²) in [6, 6.07) is -0.180. The van der Waals surface area contributed by atoms with Crippen molar-refractivity contribution in [3.8, 4) is 0 Å². The van der Waals surface area contributed by atoms with Crippen LogP contribution in [0.2, 0.25) is 0 Å². The van der Waals surface area contributed by atoms with Crippen molar-refractivity contribution in [2.45, 2.75) is 25.3 Å². The standard InChI is InChI=1S/C10H18N2O3S/c1-16-5-4-11-10(15)12-8-3-2-7(6-8)9(13)14/h7-8H,2-6H2,1H3,(H,13,14)(H2,11,12,15). The lowest BCUT2D eigenvalue weighted by Gasteiger charge is -2.13. The van der Waals surface area contributed by atoms with Crippen LogP contribution < -0.4 is 10.6 Å². The molecule has 0 saturated heterocycles. The van der Waals surface area contributed by atoms with Gasteiger partial charge in [0.05, 0.1) is 5.92 Å². The van der Waals surface area contributed by atoms with E-state index in [-0.39, 0.29) is 18.0 Å². The number of aliphatic carboxylic acids is 1. The molecule has 16 heavy (non-hydrogen) atoms. The topological polar surface area (TPSA) is 78.4 Å². The van der Waals surface area contributed by atoms with Gasteiger partial charge in [0.25, 0.3) is 0 Å². The fourth-order valence-corrected chi connectivity index (χ4v) is 2.15. The minimum Gasteiger partial charge on any atom is -0.481 e. The summed E-state index contributed by atoms with van der Waals surface area (Å²) in [5.74, 6) is -0.167. The van der Waals surface area contributed by atoms with E-state index in [2.05, 4.69) is 10.6 Å². The fourth-order valence-electron chi connectivity index (χ4n) is 1.84. The minimum absolute atomic E-state index is 0.00961. The normalized spacial score (nSPS) is 24.1. The summed E-state index contributed by atoms with van der Waals surface area (Å²) in [5, 5.41) is 14.3. The van der Waals surface area contributed by atoms with Crippen LogP contribution in [0, 0.1) is 5.92 Å². The quantitative estimate of drug-likeness (QED) is 0.630. The third-order valence-corrected chi connectivity index (χ3v) is 3.32. The van der Waals surface area contributed by atoms with Gasteiger partial charge in [0.1, 0.15) is 0 Å². The van der Waals surface area contributed by atoms with E-state index in [0.29, 0.717) is 19.4 Å². The van der Waals surface area contributed by atoms with Gasteiger partial charge in [0.2, 0.25) is 0 Å². The Hall–Kier alpha value is -0.910. The first kappa shape index (κ1) is 13.2. The van der Waals surface area contributed by atoms with E-state index in [4.69, 9.17) is 5.11 Å². The second kappa shape index (κ2) is 6.62. The summed E-state index contributed by atoms with van der Waals surface area (Å²) in [6.07, 6.45) is 3.94. The lowest BCUT2D eigenvalue weighted by molar-refractivity contribution is -0.141. The second-order valence-electron chi connectivity index (χ2n) is 3.94. The summed E-state index contributed by atoms with van der Waals surface area (Å²) in [5.41, 5.74) is 0. The van der Waals surface area contributed by atoms with Crippen molar-refractivity contribution in [1.82, 2.24) is 10.6 Å². The molecular formula is C10H18N2O3S. The highest BCUT2D eigenvalue weighted by molar-refractivity contribution is 7.98. The molecule has 1 fully saturated rings. The van der Waals surface area contributed by atoms with Gasteiger partial charge in [-0.15, -0.1) is 0 Å². The summed E-state index contributed by atoms with van der Waals surface area (Å²) in [4.78, 5) is 22.1. The van der Waals surface area contributed by atoms with Gasteiger partial charge in [0.15, 0.2) is 0 Å². The first-order valence-corrected chi connectivity index (χ1v) is 6.79. The van der Waals surface area contributed by atoms with Gasteiger partial charge in [-0.1, -0.05) is 0 Å². The van der Waals surface area contributed by atoms with Gasteiger partial charge in [-0.2, -0.15) is 11.8 Å². The molecule has 1 aliphatic rings. The van der Waals surface area contributed by atoms with Gasteiger partial charge in [-0.25, -0.2) is 4.79 Å². The molecule has 0 aromatic rings. The van der Waals surface area contributed by atoms with E-state index >= 15 is 0 Å². The molecule has 92 valence electrons. The third kappa shape index (κ3) is 4.30. The predicted molar refractivity (Wildman–Crippen MR) is 63.7 cm³/mol. The highest BCUT2D eigenvalue weighted by Crippen LogP contribution is 2.25. The van der Waals surface area contributed by atoms with Crippen molar-refractivity contribution in [2.24, 2.45) is 5.92 Å². The van der Waals surface area contributed by atoms with Gasteiger partial charge < -0.3 is 15.7 Å². The van der Waals surface area contributed by atoms with Crippen molar-refractivity contribution in [2.75, 3.05) is 18.6 Å². The SMILES string of the molecule is CSCCNC(=O)NC1CCC(C(=O)O)C1. The van der Waals surface area contributed by atoms with Crippen LogP contribution in [0.25, 0.3) is 0 Å². The van der Waals surface area contributed by atoms with Crippen molar-refractivity contribution in [3.63, 3.8) is 0 Å². The number of hydrogen-bond acceptors (Lipinski definition) is 3. The Morgan fingerprint density at radius 1 is 1.44 bits per heavy atom. The van der Waals surface area contributed by atoms with Crippen LogP contribution in [-0.4, -0.2) is 41.7 Å². The van der Waals surface area contributed by atoms with Crippen LogP contribution in [0.1, 0.15) is 19.3 Å². The molecule has 3 N–H and O–H groups in total. The smallest absolute Gasteiger partial charge is 0.315 e. The van der Waals surface area contributed by atoms with Crippen LogP contribution in [0.3, 0.4) is 0 Å². The molecule has 2 atom stereocenters. The molecular weight excluding hydrogens is 228 g/mol. The number of urea groups is 1. The van der Waals surface area contributed by atoms with Crippen LogP contribution in [0.15, 0.2) is 0 Å². The number of nitrogens with one attached hydrogen (secondary N) is 2. The lowest BCUT2D eigenvalue weighted by atomic mass is 10.1. The van der Waals surface area contributed by atoms with E-state index in [1.165, 1.54) is 0 Å². The number of amides is 2. The molecule has 2 unspecified atom stereocenters. The molecule has 0 aromatic heterocycles. The summed E-state index contributed by atoms with van der Waals surface area (Å²) in [6.45, 7) is 0.641. The van der Waals surface area contributed by atoms with Crippen LogP contribution >= 0.6 is 11.8 Å². The molecule has 1 aliphatic carbocycles. The number of carboxylic acids is 1. The van der Waals surface area contributed by atoms with E-state index in [9.17, 15) is 9.59 Å². The van der Waals surface area contributed by atoms with Crippen molar-refractivity contribution in [3.05, 3.63) is 0 Å². The number of carboxylic acid groups (broad SMARTS) is 1. The Morgan fingerprint density at radius 3 is 2.75 bits per heavy atom. The molecule has 6 heteroatoms. The molecule has 0 bridgehead atoms. The summed E-state index contributed by atoms with van der Waals surface area (Å²) >= 11 is 1.67. The Morgan fingerprint density at radius 2 is 2.19 bits per heavy atom. The second-order valence-corrected chi connectivity index (χ2v) is 4.92. The molecule has 2 amide bonds. The molecule has 0 aliphatic heterocycles. The maximum atomic E-state index is 11.4. The zero-order valence-corrected chi connectivity index (χ0v) is 10.2. The Kier molecular flexibility index (Phi) is 5.45. The van der Waals surface area contributed by atoms with Crippen molar-refractivity contribution in [1.29, 1.82) is 0 Å². The monoisotopic (exact) mass is 246 g/mol. The van der Waals surface area contributed by atoms with Crippen LogP contribution in [0.5, 0.6) is 0 Å². The van der Waals surface area contributed by atoms with Gasteiger partial charge >= 0.3 is 12.0 Å². The minimum atomic E-state index is -0.757. The molecule has 0 aromatic carbocycles. The number of carbonyl (C=O) groups is 2. The number of hydrogen-bond donors (Lipinski definition) is 3. The number of thioether (sulfide) groups is 1. The maximum absolute atomic E-state index is 11.4. The highest BCUT2D eigenvalue weighted by atomic mass is 32.2. The Bertz CT molecular complexity index is 260. The first-order valence-electron chi connectivity index (χ1n) is 5.39. The molecule has 0 spiro atoms. The average Bonchev–Trinajstić information content (AvgIpc) is 2.66. The van der Waals surface area contributed by atoms with E-state index < -0.39 is 5.97 Å². The van der Waals surface area contributed by atoms with E-state index in [1.54, 1.807) is 11.8 Å². The van der Waals surface area contributed by atoms with E-state index in [1.807, 2.05) is 6.26 Å². The predicted octanol–water partition coefficient (Wildman–Crippen LogP) is 0.902. The maximum Gasteiger partial charge on any atom is 0.315 e. The molecule has 5 nitrogen and oxygen atoms in total. The van der Waals surface area contributed by atoms with Crippen molar-refractivity contribution >= 4 is 23.8 Å². The van der Waals surface area contributed by atoms with E-state index in [0.717, 1.165) is 12.2 Å². The first-order chi connectivity index (χ1) is 7.63. The van der Waals surface area contributed by atoms with Crippen LogP contribution in [0.4, 0.5) is 4.79 Å². The van der Waals surface area contributed by atoms with Gasteiger partial charge in [0, 0.05) is 18.3 Å². The molecule has 0 radical (unpaired) electrons. The zero-order chi connectivity index (χ0) is 12.0. The molecule has 1 saturated carbocycles. The fraction of sp³-hybridized carbons (Fsp3) is 0.800. The molecule has 1 rings (SSSR count). The largest absolute Gasteiger partial charge is 0.481 e. The number of rotatable bonds is 5. The summed E-state index contributed by atoms with van der Waals surface area (Å²) in [7, 11) is 0. The zero-order valence-electron chi connectivity index (χ0n) is 9.36. The lowest BCUT2D eigenvalue weighted by Crippen LogP contribution is -2.41. The van der Waals surface area contributed by atoms with Gasteiger partial charge in [-0.3, -0.25) is 4.79 Å². The molecule has 0 heterocycles. The Balaban J connectivity index is 2.18. The third-order valence-electron chi connectivity index (χ3n) is 2.71. The number of carbonyl (C=O) groups excluding carboxylic acids is 1. The summed E-state index contributed by atoms with van der Waals surface area (Å²) < 4.78 is 0. The van der Waals surface area contributed by atoms with Crippen molar-refractivity contribution < 1.29 is 14.7 Å². The van der Waals surface area contributed by atoms with Gasteiger partial charge in [-0.05, 0) is 25.5 Å². The average molecular weight is 246 g/mol. The Labute approximate surface area is 99.4 Å². The highest BCUT2D eigenvalue weighted by Gasteiger charge is 2.30. The van der Waals surface area contributed by atoms with Crippen LogP contribution in [-0.2, 0) is 4.79 Å².